The zero-order valence-corrected chi connectivity index (χ0v) is 11.3. The van der Waals surface area contributed by atoms with Crippen molar-refractivity contribution in [1.29, 1.82) is 0 Å². The molecule has 0 amide bonds. The summed E-state index contributed by atoms with van der Waals surface area (Å²) < 4.78 is 1.88. The van der Waals surface area contributed by atoms with Crippen molar-refractivity contribution >= 4 is 10.9 Å². The summed E-state index contributed by atoms with van der Waals surface area (Å²) in [5, 5.41) is 16.2. The predicted molar refractivity (Wildman–Crippen MR) is 77.1 cm³/mol. The fourth-order valence-electron chi connectivity index (χ4n) is 3.43. The van der Waals surface area contributed by atoms with Gasteiger partial charge in [-0.15, -0.1) is 6.58 Å². The predicted octanol–water partition coefficient (Wildman–Crippen LogP) is 3.15. The Morgan fingerprint density at radius 1 is 1.58 bits per heavy atom. The van der Waals surface area contributed by atoms with Crippen molar-refractivity contribution in [3.05, 3.63) is 42.6 Å². The molecule has 2 atom stereocenters. The van der Waals surface area contributed by atoms with Gasteiger partial charge in [-0.3, -0.25) is 4.68 Å². The van der Waals surface area contributed by atoms with E-state index in [2.05, 4.69) is 29.9 Å². The van der Waals surface area contributed by atoms with E-state index < -0.39 is 5.60 Å². The van der Waals surface area contributed by atoms with Gasteiger partial charge in [0, 0.05) is 18.4 Å². The van der Waals surface area contributed by atoms with E-state index in [0.29, 0.717) is 6.42 Å². The summed E-state index contributed by atoms with van der Waals surface area (Å²) in [5.74, 6) is 0.218. The maximum Gasteiger partial charge on any atom is 0.0750 e. The third kappa shape index (κ3) is 1.98. The first kappa shape index (κ1) is 12.4. The lowest BCUT2D eigenvalue weighted by atomic mass is 9.82. The van der Waals surface area contributed by atoms with Crippen LogP contribution < -0.4 is 0 Å². The minimum atomic E-state index is -0.613. The molecule has 0 aliphatic heterocycles. The number of hydrogen-bond donors (Lipinski definition) is 1. The van der Waals surface area contributed by atoms with Crippen molar-refractivity contribution in [2.45, 2.75) is 37.2 Å². The molecular weight excluding hydrogens is 236 g/mol. The average molecular weight is 256 g/mol. The number of nitrogens with zero attached hydrogens (tertiary/aromatic N) is 2. The largest absolute Gasteiger partial charge is 0.389 e. The minimum Gasteiger partial charge on any atom is -0.389 e. The first-order valence-corrected chi connectivity index (χ1v) is 6.89. The van der Waals surface area contributed by atoms with Gasteiger partial charge < -0.3 is 5.11 Å². The fourth-order valence-corrected chi connectivity index (χ4v) is 3.43. The summed E-state index contributed by atoms with van der Waals surface area (Å²) in [7, 11) is 1.95. The third-order valence-electron chi connectivity index (χ3n) is 4.42. The van der Waals surface area contributed by atoms with Crippen LogP contribution in [0, 0.1) is 0 Å². The Kier molecular flexibility index (Phi) is 2.94. The molecule has 3 rings (SSSR count). The van der Waals surface area contributed by atoms with Crippen molar-refractivity contribution in [3.63, 3.8) is 0 Å². The van der Waals surface area contributed by atoms with E-state index in [1.54, 1.807) is 0 Å². The lowest BCUT2D eigenvalue weighted by Crippen LogP contribution is -2.30. The van der Waals surface area contributed by atoms with Crippen LogP contribution >= 0.6 is 0 Å². The molecule has 0 unspecified atom stereocenters. The van der Waals surface area contributed by atoms with Crippen LogP contribution in [0.5, 0.6) is 0 Å². The van der Waals surface area contributed by atoms with Crippen LogP contribution in [-0.4, -0.2) is 20.5 Å². The molecular formula is C16H20N2O. The Morgan fingerprint density at radius 3 is 3.21 bits per heavy atom. The Labute approximate surface area is 113 Å². The fraction of sp³-hybridized carbons (Fsp3) is 0.438. The smallest absolute Gasteiger partial charge is 0.0750 e. The number of aromatic nitrogens is 2. The van der Waals surface area contributed by atoms with Crippen LogP contribution in [0.15, 0.2) is 37.1 Å². The van der Waals surface area contributed by atoms with E-state index in [-0.39, 0.29) is 5.92 Å². The van der Waals surface area contributed by atoms with E-state index in [1.165, 1.54) is 5.56 Å². The summed E-state index contributed by atoms with van der Waals surface area (Å²) >= 11 is 0. The second-order valence-electron chi connectivity index (χ2n) is 5.63. The molecule has 1 aliphatic carbocycles. The van der Waals surface area contributed by atoms with Crippen molar-refractivity contribution < 1.29 is 5.11 Å². The molecule has 0 saturated heterocycles. The maximum atomic E-state index is 10.8. The molecule has 1 aromatic carbocycles. The normalized spacial score (nSPS) is 26.9. The van der Waals surface area contributed by atoms with E-state index in [4.69, 9.17) is 0 Å². The van der Waals surface area contributed by atoms with Gasteiger partial charge in [0.05, 0.1) is 17.3 Å². The zero-order chi connectivity index (χ0) is 13.5. The lowest BCUT2D eigenvalue weighted by molar-refractivity contribution is 0.0331. The van der Waals surface area contributed by atoms with Gasteiger partial charge in [-0.2, -0.15) is 5.10 Å². The lowest BCUT2D eigenvalue weighted by Gasteiger charge is -2.29. The molecule has 0 radical (unpaired) electrons. The third-order valence-corrected chi connectivity index (χ3v) is 4.42. The van der Waals surface area contributed by atoms with Gasteiger partial charge in [0.25, 0.3) is 0 Å². The molecule has 1 fully saturated rings. The van der Waals surface area contributed by atoms with Crippen LogP contribution in [0.25, 0.3) is 10.9 Å². The summed E-state index contributed by atoms with van der Waals surface area (Å²) in [4.78, 5) is 0. The summed E-state index contributed by atoms with van der Waals surface area (Å²) in [6.07, 6.45) is 7.40. The van der Waals surface area contributed by atoms with E-state index in [9.17, 15) is 5.11 Å². The Bertz CT molecular complexity index is 616. The van der Waals surface area contributed by atoms with Crippen LogP contribution in [-0.2, 0) is 7.05 Å². The number of aryl methyl sites for hydroxylation is 1. The van der Waals surface area contributed by atoms with Crippen LogP contribution in [0.3, 0.4) is 0 Å². The first-order chi connectivity index (χ1) is 9.14. The SMILES string of the molecule is C=CC[C@@]1(O)CCC[C@@H]1c1ccc2c(cnn2C)c1. The maximum absolute atomic E-state index is 10.8. The highest BCUT2D eigenvalue weighted by molar-refractivity contribution is 5.79. The zero-order valence-electron chi connectivity index (χ0n) is 11.3. The molecule has 19 heavy (non-hydrogen) atoms. The molecule has 0 spiro atoms. The van der Waals surface area contributed by atoms with Gasteiger partial charge >= 0.3 is 0 Å². The molecule has 100 valence electrons. The highest BCUT2D eigenvalue weighted by Gasteiger charge is 2.40. The van der Waals surface area contributed by atoms with Crippen LogP contribution in [0.1, 0.15) is 37.2 Å². The summed E-state index contributed by atoms with van der Waals surface area (Å²) in [6, 6.07) is 6.41. The van der Waals surface area contributed by atoms with Crippen molar-refractivity contribution in [3.8, 4) is 0 Å². The van der Waals surface area contributed by atoms with Gasteiger partial charge in [0.15, 0.2) is 0 Å². The standard InChI is InChI=1S/C16H20N2O/c1-3-8-16(19)9-4-5-14(16)12-6-7-15-13(10-12)11-17-18(15)2/h3,6-7,10-11,14,19H,1,4-5,8-9H2,2H3/t14-,16-/m1/s1. The number of rotatable bonds is 3. The monoisotopic (exact) mass is 256 g/mol. The first-order valence-electron chi connectivity index (χ1n) is 6.89. The number of hydrogen-bond acceptors (Lipinski definition) is 2. The van der Waals surface area contributed by atoms with Crippen LogP contribution in [0.2, 0.25) is 0 Å². The van der Waals surface area contributed by atoms with Crippen molar-refractivity contribution in [1.82, 2.24) is 9.78 Å². The van der Waals surface area contributed by atoms with E-state index in [1.807, 2.05) is 24.0 Å². The Morgan fingerprint density at radius 2 is 2.42 bits per heavy atom. The van der Waals surface area contributed by atoms with Gasteiger partial charge in [-0.1, -0.05) is 12.1 Å². The molecule has 3 nitrogen and oxygen atoms in total. The van der Waals surface area contributed by atoms with Gasteiger partial charge in [0.1, 0.15) is 0 Å². The van der Waals surface area contributed by atoms with Gasteiger partial charge in [-0.05, 0) is 43.4 Å². The van der Waals surface area contributed by atoms with E-state index >= 15 is 0 Å². The Hall–Kier alpha value is -1.61. The van der Waals surface area contributed by atoms with E-state index in [0.717, 1.165) is 30.2 Å². The van der Waals surface area contributed by atoms with Gasteiger partial charge in [-0.25, -0.2) is 0 Å². The van der Waals surface area contributed by atoms with Crippen molar-refractivity contribution in [2.24, 2.45) is 7.05 Å². The molecule has 1 saturated carbocycles. The second-order valence-corrected chi connectivity index (χ2v) is 5.63. The number of benzene rings is 1. The molecule has 1 N–H and O–H groups in total. The second kappa shape index (κ2) is 4.49. The van der Waals surface area contributed by atoms with Crippen molar-refractivity contribution in [2.75, 3.05) is 0 Å². The molecule has 1 aliphatic rings. The quantitative estimate of drug-likeness (QED) is 0.857. The molecule has 1 aromatic heterocycles. The topological polar surface area (TPSA) is 38.1 Å². The minimum absolute atomic E-state index is 0.218. The van der Waals surface area contributed by atoms with Gasteiger partial charge in [0.2, 0.25) is 0 Å². The summed E-state index contributed by atoms with van der Waals surface area (Å²) in [6.45, 7) is 3.78. The summed E-state index contributed by atoms with van der Waals surface area (Å²) in [5.41, 5.74) is 1.74. The highest BCUT2D eigenvalue weighted by Crippen LogP contribution is 2.45. The Balaban J connectivity index is 2.01. The molecule has 0 bridgehead atoms. The highest BCUT2D eigenvalue weighted by atomic mass is 16.3. The molecule has 1 heterocycles. The average Bonchev–Trinajstić information content (AvgIpc) is 2.94. The molecule has 2 aromatic rings. The number of aliphatic hydroxyl groups is 1. The number of fused-ring (bicyclic) bond motifs is 1. The van der Waals surface area contributed by atoms with Crippen LogP contribution in [0.4, 0.5) is 0 Å². The molecule has 3 heteroatoms.